The summed E-state index contributed by atoms with van der Waals surface area (Å²) in [5, 5.41) is 0. The fraction of sp³-hybridized carbons (Fsp3) is 0.143. The first-order valence-electron chi connectivity index (χ1n) is 8.68. The van der Waals surface area contributed by atoms with Crippen LogP contribution >= 0.6 is 0 Å². The molecule has 0 aliphatic heterocycles. The SMILES string of the molecule is Cc1ccc(N(S(=O)(=O)Cc2ccccc2)S(=O)(=O)Cc2ccccc2)cc1. The lowest BCUT2D eigenvalue weighted by molar-refractivity contribution is 0.583. The number of rotatable bonds is 7. The molecule has 3 rings (SSSR count). The zero-order valence-corrected chi connectivity index (χ0v) is 17.0. The Kier molecular flexibility index (Phi) is 5.86. The van der Waals surface area contributed by atoms with Crippen LogP contribution in [0.25, 0.3) is 0 Å². The van der Waals surface area contributed by atoms with Crippen molar-refractivity contribution in [2.24, 2.45) is 0 Å². The Morgan fingerprint density at radius 2 is 1.00 bits per heavy atom. The summed E-state index contributed by atoms with van der Waals surface area (Å²) in [6, 6.07) is 23.5. The molecule has 0 aliphatic rings. The fourth-order valence-corrected chi connectivity index (χ4v) is 6.90. The van der Waals surface area contributed by atoms with Crippen molar-refractivity contribution in [2.75, 3.05) is 3.71 Å². The summed E-state index contributed by atoms with van der Waals surface area (Å²) in [6.45, 7) is 1.85. The highest BCUT2D eigenvalue weighted by Gasteiger charge is 2.34. The second kappa shape index (κ2) is 8.16. The number of hydrogen-bond acceptors (Lipinski definition) is 4. The van der Waals surface area contributed by atoms with Crippen LogP contribution in [0.2, 0.25) is 0 Å². The third-order valence-corrected chi connectivity index (χ3v) is 8.33. The largest absolute Gasteiger partial charge is 0.252 e. The van der Waals surface area contributed by atoms with Gasteiger partial charge >= 0.3 is 0 Å². The minimum absolute atomic E-state index is 0.109. The number of hydrogen-bond donors (Lipinski definition) is 0. The molecule has 0 radical (unpaired) electrons. The third-order valence-electron chi connectivity index (χ3n) is 4.13. The van der Waals surface area contributed by atoms with Crippen molar-refractivity contribution in [3.05, 3.63) is 102 Å². The molecule has 0 saturated heterocycles. The Morgan fingerprint density at radius 1 is 0.607 bits per heavy atom. The maximum absolute atomic E-state index is 13.2. The van der Waals surface area contributed by atoms with Gasteiger partial charge in [-0.1, -0.05) is 78.4 Å². The Balaban J connectivity index is 2.05. The minimum Gasteiger partial charge on any atom is -0.205 e. The topological polar surface area (TPSA) is 71.5 Å². The van der Waals surface area contributed by atoms with E-state index in [4.69, 9.17) is 0 Å². The average Bonchev–Trinajstić information content (AvgIpc) is 2.64. The molecule has 3 aromatic carbocycles. The van der Waals surface area contributed by atoms with Crippen molar-refractivity contribution < 1.29 is 16.8 Å². The molecule has 5 nitrogen and oxygen atoms in total. The summed E-state index contributed by atoms with van der Waals surface area (Å²) in [4.78, 5) is 0. The van der Waals surface area contributed by atoms with Gasteiger partial charge in [-0.25, -0.2) is 16.8 Å². The van der Waals surface area contributed by atoms with Crippen LogP contribution in [0.4, 0.5) is 5.69 Å². The minimum atomic E-state index is -4.17. The van der Waals surface area contributed by atoms with Gasteiger partial charge in [0.1, 0.15) is 0 Å². The molecular formula is C21H21NO4S2. The molecular weight excluding hydrogens is 394 g/mol. The first-order chi connectivity index (χ1) is 13.3. The summed E-state index contributed by atoms with van der Waals surface area (Å²) in [7, 11) is -8.35. The quantitative estimate of drug-likeness (QED) is 0.587. The van der Waals surface area contributed by atoms with E-state index in [1.807, 2.05) is 6.92 Å². The van der Waals surface area contributed by atoms with E-state index in [2.05, 4.69) is 0 Å². The smallest absolute Gasteiger partial charge is 0.205 e. The van der Waals surface area contributed by atoms with Crippen molar-refractivity contribution in [1.29, 1.82) is 0 Å². The van der Waals surface area contributed by atoms with Gasteiger partial charge in [-0.15, -0.1) is 0 Å². The summed E-state index contributed by atoms with van der Waals surface area (Å²) >= 11 is 0. The van der Waals surface area contributed by atoms with Gasteiger partial charge in [0, 0.05) is 0 Å². The van der Waals surface area contributed by atoms with Gasteiger partial charge in [-0.3, -0.25) is 0 Å². The summed E-state index contributed by atoms with van der Waals surface area (Å²) in [5.74, 6) is -0.814. The van der Waals surface area contributed by atoms with E-state index < -0.39 is 31.6 Å². The van der Waals surface area contributed by atoms with E-state index >= 15 is 0 Å². The maximum Gasteiger partial charge on any atom is 0.252 e. The van der Waals surface area contributed by atoms with E-state index in [-0.39, 0.29) is 5.69 Å². The van der Waals surface area contributed by atoms with Crippen molar-refractivity contribution in [3.8, 4) is 0 Å². The molecule has 0 spiro atoms. The van der Waals surface area contributed by atoms with Crippen LogP contribution < -0.4 is 3.71 Å². The molecule has 0 unspecified atom stereocenters. The number of aryl methyl sites for hydroxylation is 1. The molecule has 0 fully saturated rings. The molecule has 0 atom stereocenters. The first-order valence-corrected chi connectivity index (χ1v) is 11.9. The highest BCUT2D eigenvalue weighted by molar-refractivity contribution is 8.09. The molecule has 0 aliphatic carbocycles. The van der Waals surface area contributed by atoms with Crippen LogP contribution in [0, 0.1) is 6.92 Å². The Bertz CT molecular complexity index is 1050. The van der Waals surface area contributed by atoms with Gasteiger partial charge in [-0.05, 0) is 30.2 Å². The lowest BCUT2D eigenvalue weighted by Gasteiger charge is -2.24. The summed E-state index contributed by atoms with van der Waals surface area (Å²) < 4.78 is 53.2. The lowest BCUT2D eigenvalue weighted by atomic mass is 10.2. The van der Waals surface area contributed by atoms with E-state index in [0.29, 0.717) is 14.8 Å². The second-order valence-electron chi connectivity index (χ2n) is 6.52. The molecule has 0 saturated carbocycles. The fourth-order valence-electron chi connectivity index (χ4n) is 2.85. The van der Waals surface area contributed by atoms with Gasteiger partial charge in [0.2, 0.25) is 0 Å². The van der Waals surface area contributed by atoms with Gasteiger partial charge in [0.25, 0.3) is 20.0 Å². The number of sulfonamides is 2. The first kappa shape index (κ1) is 20.1. The number of anilines is 1. The molecule has 0 N–H and O–H groups in total. The predicted octanol–water partition coefficient (Wildman–Crippen LogP) is 3.86. The average molecular weight is 416 g/mol. The Morgan fingerprint density at radius 3 is 1.39 bits per heavy atom. The van der Waals surface area contributed by atoms with Crippen LogP contribution in [-0.2, 0) is 31.6 Å². The van der Waals surface area contributed by atoms with E-state index in [1.54, 1.807) is 72.8 Å². The molecule has 3 aromatic rings. The molecule has 0 heterocycles. The third kappa shape index (κ3) is 4.79. The monoisotopic (exact) mass is 415 g/mol. The molecule has 0 bridgehead atoms. The zero-order chi connectivity index (χ0) is 20.2. The zero-order valence-electron chi connectivity index (χ0n) is 15.4. The summed E-state index contributed by atoms with van der Waals surface area (Å²) in [5.41, 5.74) is 2.06. The van der Waals surface area contributed by atoms with Crippen LogP contribution in [0.5, 0.6) is 0 Å². The van der Waals surface area contributed by atoms with E-state index in [0.717, 1.165) is 5.56 Å². The molecule has 28 heavy (non-hydrogen) atoms. The van der Waals surface area contributed by atoms with Crippen molar-refractivity contribution >= 4 is 25.7 Å². The molecule has 0 aromatic heterocycles. The highest BCUT2D eigenvalue weighted by Crippen LogP contribution is 2.27. The summed E-state index contributed by atoms with van der Waals surface area (Å²) in [6.07, 6.45) is 0. The molecule has 146 valence electrons. The van der Waals surface area contributed by atoms with Crippen LogP contribution in [0.15, 0.2) is 84.9 Å². The molecule has 0 amide bonds. The standard InChI is InChI=1S/C21H21NO4S2/c1-18-12-14-21(15-13-18)22(27(23,24)16-19-8-4-2-5-9-19)28(25,26)17-20-10-6-3-7-11-20/h2-15H,16-17H2,1H3. The van der Waals surface area contributed by atoms with Gasteiger partial charge in [0.05, 0.1) is 17.2 Å². The van der Waals surface area contributed by atoms with Crippen LogP contribution in [0.3, 0.4) is 0 Å². The van der Waals surface area contributed by atoms with E-state index in [1.165, 1.54) is 12.1 Å². The Labute approximate surface area is 166 Å². The Hall–Kier alpha value is -2.64. The normalized spacial score (nSPS) is 11.9. The van der Waals surface area contributed by atoms with Crippen molar-refractivity contribution in [2.45, 2.75) is 18.4 Å². The van der Waals surface area contributed by atoms with E-state index in [9.17, 15) is 16.8 Å². The van der Waals surface area contributed by atoms with Gasteiger partial charge < -0.3 is 0 Å². The highest BCUT2D eigenvalue weighted by atomic mass is 32.3. The second-order valence-corrected chi connectivity index (χ2v) is 10.4. The number of nitrogens with zero attached hydrogens (tertiary/aromatic N) is 1. The van der Waals surface area contributed by atoms with Crippen LogP contribution in [-0.4, -0.2) is 16.8 Å². The predicted molar refractivity (Wildman–Crippen MR) is 112 cm³/mol. The lowest BCUT2D eigenvalue weighted by Crippen LogP contribution is -2.38. The molecule has 7 heteroatoms. The van der Waals surface area contributed by atoms with Crippen molar-refractivity contribution in [3.63, 3.8) is 0 Å². The van der Waals surface area contributed by atoms with Gasteiger partial charge in [0.15, 0.2) is 0 Å². The van der Waals surface area contributed by atoms with Crippen LogP contribution in [0.1, 0.15) is 16.7 Å². The number of benzene rings is 3. The van der Waals surface area contributed by atoms with Gasteiger partial charge in [-0.2, -0.15) is 3.71 Å². The maximum atomic E-state index is 13.2. The van der Waals surface area contributed by atoms with Crippen molar-refractivity contribution in [1.82, 2.24) is 0 Å².